The van der Waals surface area contributed by atoms with Crippen LogP contribution >= 0.6 is 0 Å². The average Bonchev–Trinajstić information content (AvgIpc) is 3.51. The highest BCUT2D eigenvalue weighted by atomic mass is 19.1. The lowest BCUT2D eigenvalue weighted by molar-refractivity contribution is 0.300. The van der Waals surface area contributed by atoms with Gasteiger partial charge in [-0.15, -0.1) is 0 Å². The number of nitrogens with one attached hydrogen (secondary N) is 1. The van der Waals surface area contributed by atoms with Crippen LogP contribution in [0.3, 0.4) is 0 Å². The van der Waals surface area contributed by atoms with E-state index in [1.54, 1.807) is 12.3 Å². The molecule has 0 unspecified atom stereocenters. The van der Waals surface area contributed by atoms with E-state index in [2.05, 4.69) is 4.98 Å². The third-order valence-corrected chi connectivity index (χ3v) is 4.76. The first kappa shape index (κ1) is 17.6. The summed E-state index contributed by atoms with van der Waals surface area (Å²) in [6, 6.07) is 10.2. The molecule has 1 aliphatic rings. The molecule has 5 heteroatoms. The van der Waals surface area contributed by atoms with Gasteiger partial charge >= 0.3 is 0 Å². The summed E-state index contributed by atoms with van der Waals surface area (Å²) in [5, 5.41) is 0.0233. The molecule has 140 valence electrons. The van der Waals surface area contributed by atoms with Crippen molar-refractivity contribution >= 4 is 10.9 Å². The summed E-state index contributed by atoms with van der Waals surface area (Å²) >= 11 is 0. The molecule has 1 heterocycles. The molecule has 0 radical (unpaired) electrons. The lowest BCUT2D eigenvalue weighted by Gasteiger charge is -2.11. The molecule has 27 heavy (non-hydrogen) atoms. The first-order chi connectivity index (χ1) is 13.2. The molecule has 0 aliphatic heterocycles. The molecule has 1 aliphatic carbocycles. The SMILES string of the molecule is CCCOc1ccc(F)c2c(=O)c(-c3ccc(OCC4CC4)cc3)c[nH]c12. The second-order valence-electron chi connectivity index (χ2n) is 6.95. The number of halogens is 1. The number of benzene rings is 2. The van der Waals surface area contributed by atoms with Crippen LogP contribution in [0, 0.1) is 11.7 Å². The van der Waals surface area contributed by atoms with Crippen molar-refractivity contribution in [2.75, 3.05) is 13.2 Å². The van der Waals surface area contributed by atoms with Gasteiger partial charge in [-0.1, -0.05) is 19.1 Å². The van der Waals surface area contributed by atoms with Crippen molar-refractivity contribution in [1.29, 1.82) is 0 Å². The number of ether oxygens (including phenoxy) is 2. The molecular formula is C22H22FNO3. The normalized spacial score (nSPS) is 13.7. The van der Waals surface area contributed by atoms with E-state index in [-0.39, 0.29) is 10.8 Å². The highest BCUT2D eigenvalue weighted by Crippen LogP contribution is 2.30. The zero-order valence-electron chi connectivity index (χ0n) is 15.3. The summed E-state index contributed by atoms with van der Waals surface area (Å²) in [6.07, 6.45) is 4.92. The summed E-state index contributed by atoms with van der Waals surface area (Å²) < 4.78 is 25.8. The van der Waals surface area contributed by atoms with Crippen LogP contribution in [0.4, 0.5) is 4.39 Å². The number of aromatic amines is 1. The number of rotatable bonds is 7. The Morgan fingerprint density at radius 2 is 1.89 bits per heavy atom. The van der Waals surface area contributed by atoms with E-state index < -0.39 is 5.82 Å². The monoisotopic (exact) mass is 367 g/mol. The van der Waals surface area contributed by atoms with Gasteiger partial charge in [-0.2, -0.15) is 0 Å². The minimum atomic E-state index is -0.554. The van der Waals surface area contributed by atoms with Crippen molar-refractivity contribution < 1.29 is 13.9 Å². The molecule has 1 aromatic heterocycles. The number of fused-ring (bicyclic) bond motifs is 1. The summed E-state index contributed by atoms with van der Waals surface area (Å²) in [5.41, 5.74) is 1.18. The van der Waals surface area contributed by atoms with Crippen molar-refractivity contribution in [2.24, 2.45) is 5.92 Å². The average molecular weight is 367 g/mol. The smallest absolute Gasteiger partial charge is 0.200 e. The first-order valence-corrected chi connectivity index (χ1v) is 9.37. The zero-order valence-corrected chi connectivity index (χ0v) is 15.3. The van der Waals surface area contributed by atoms with Crippen LogP contribution in [-0.4, -0.2) is 18.2 Å². The van der Waals surface area contributed by atoms with Crippen LogP contribution in [0.15, 0.2) is 47.4 Å². The van der Waals surface area contributed by atoms with Crippen LogP contribution in [0.25, 0.3) is 22.0 Å². The van der Waals surface area contributed by atoms with Gasteiger partial charge in [0, 0.05) is 11.8 Å². The molecule has 0 saturated heterocycles. The molecule has 0 atom stereocenters. The minimum absolute atomic E-state index is 0.0233. The van der Waals surface area contributed by atoms with E-state index in [0.29, 0.717) is 29.4 Å². The Hall–Kier alpha value is -2.82. The van der Waals surface area contributed by atoms with E-state index in [1.807, 2.05) is 31.2 Å². The molecule has 0 amide bonds. The fourth-order valence-electron chi connectivity index (χ4n) is 3.04. The van der Waals surface area contributed by atoms with Crippen molar-refractivity contribution in [1.82, 2.24) is 4.98 Å². The standard InChI is InChI=1S/C22H22FNO3/c1-2-11-26-19-10-9-18(23)20-21(19)24-12-17(22(20)25)15-5-7-16(8-6-15)27-13-14-3-4-14/h5-10,12,14H,2-4,11,13H2,1H3,(H,24,25). The summed E-state index contributed by atoms with van der Waals surface area (Å²) in [7, 11) is 0. The maximum atomic E-state index is 14.4. The van der Waals surface area contributed by atoms with Crippen LogP contribution in [0.1, 0.15) is 26.2 Å². The van der Waals surface area contributed by atoms with Crippen LogP contribution in [0.5, 0.6) is 11.5 Å². The maximum Gasteiger partial charge on any atom is 0.200 e. The van der Waals surface area contributed by atoms with E-state index >= 15 is 0 Å². The fraction of sp³-hybridized carbons (Fsp3) is 0.318. The highest BCUT2D eigenvalue weighted by Gasteiger charge is 2.22. The van der Waals surface area contributed by atoms with Gasteiger partial charge in [0.1, 0.15) is 17.3 Å². The van der Waals surface area contributed by atoms with Crippen molar-refractivity contribution in [2.45, 2.75) is 26.2 Å². The molecular weight excluding hydrogens is 345 g/mol. The van der Waals surface area contributed by atoms with Crippen molar-refractivity contribution in [3.63, 3.8) is 0 Å². The Morgan fingerprint density at radius 3 is 2.59 bits per heavy atom. The van der Waals surface area contributed by atoms with Gasteiger partial charge in [-0.05, 0) is 55.0 Å². The molecule has 4 nitrogen and oxygen atoms in total. The van der Waals surface area contributed by atoms with E-state index in [4.69, 9.17) is 9.47 Å². The molecule has 3 aromatic rings. The van der Waals surface area contributed by atoms with Gasteiger partial charge < -0.3 is 14.5 Å². The van der Waals surface area contributed by atoms with Crippen LogP contribution in [-0.2, 0) is 0 Å². The number of pyridine rings is 1. The molecule has 4 rings (SSSR count). The summed E-state index contributed by atoms with van der Waals surface area (Å²) in [4.78, 5) is 16.0. The molecule has 1 saturated carbocycles. The maximum absolute atomic E-state index is 14.4. The van der Waals surface area contributed by atoms with Gasteiger partial charge in [-0.25, -0.2) is 4.39 Å². The zero-order chi connectivity index (χ0) is 18.8. The Labute approximate surface area is 156 Å². The summed E-state index contributed by atoms with van der Waals surface area (Å²) in [5.74, 6) is 1.39. The molecule has 0 spiro atoms. The van der Waals surface area contributed by atoms with E-state index in [1.165, 1.54) is 18.9 Å². The topological polar surface area (TPSA) is 51.3 Å². The molecule has 0 bridgehead atoms. The largest absolute Gasteiger partial charge is 0.493 e. The van der Waals surface area contributed by atoms with Crippen molar-refractivity contribution in [3.05, 3.63) is 58.6 Å². The molecule has 1 N–H and O–H groups in total. The second kappa shape index (κ2) is 7.43. The van der Waals surface area contributed by atoms with E-state index in [9.17, 15) is 9.18 Å². The molecule has 1 fully saturated rings. The van der Waals surface area contributed by atoms with Gasteiger partial charge in [0.2, 0.25) is 0 Å². The van der Waals surface area contributed by atoms with Crippen molar-refractivity contribution in [3.8, 4) is 22.6 Å². The number of hydrogen-bond acceptors (Lipinski definition) is 3. The second-order valence-corrected chi connectivity index (χ2v) is 6.95. The number of hydrogen-bond donors (Lipinski definition) is 1. The van der Waals surface area contributed by atoms with Crippen LogP contribution in [0.2, 0.25) is 0 Å². The fourth-order valence-corrected chi connectivity index (χ4v) is 3.04. The number of H-pyrrole nitrogens is 1. The van der Waals surface area contributed by atoms with E-state index in [0.717, 1.165) is 24.3 Å². The quantitative estimate of drug-likeness (QED) is 0.645. The Bertz CT molecular complexity index is 1010. The molecule has 2 aromatic carbocycles. The first-order valence-electron chi connectivity index (χ1n) is 9.37. The predicted molar refractivity (Wildman–Crippen MR) is 104 cm³/mol. The highest BCUT2D eigenvalue weighted by molar-refractivity contribution is 5.88. The minimum Gasteiger partial charge on any atom is -0.493 e. The lowest BCUT2D eigenvalue weighted by atomic mass is 10.0. The summed E-state index contributed by atoms with van der Waals surface area (Å²) in [6.45, 7) is 3.24. The Kier molecular flexibility index (Phi) is 4.84. The van der Waals surface area contributed by atoms with Gasteiger partial charge in [-0.3, -0.25) is 4.79 Å². The van der Waals surface area contributed by atoms with Gasteiger partial charge in [0.25, 0.3) is 0 Å². The third-order valence-electron chi connectivity index (χ3n) is 4.76. The third kappa shape index (κ3) is 3.68. The Morgan fingerprint density at radius 1 is 1.11 bits per heavy atom. The van der Waals surface area contributed by atoms with Gasteiger partial charge in [0.15, 0.2) is 5.43 Å². The van der Waals surface area contributed by atoms with Gasteiger partial charge in [0.05, 0.1) is 24.1 Å². The predicted octanol–water partition coefficient (Wildman–Crippen LogP) is 4.91. The van der Waals surface area contributed by atoms with Crippen LogP contribution < -0.4 is 14.9 Å². The Balaban J connectivity index is 1.68. The number of aromatic nitrogens is 1. The lowest BCUT2D eigenvalue weighted by Crippen LogP contribution is -2.09.